The molecule has 7 heteroatoms. The molecule has 1 saturated heterocycles. The number of aliphatic hydroxyl groups excluding tert-OH is 1. The van der Waals surface area contributed by atoms with Crippen molar-refractivity contribution in [2.45, 2.75) is 25.2 Å². The van der Waals surface area contributed by atoms with Crippen LogP contribution in [-0.2, 0) is 21.7 Å². The molecule has 0 aliphatic carbocycles. The first-order valence-electron chi connectivity index (χ1n) is 7.98. The van der Waals surface area contributed by atoms with E-state index in [0.717, 1.165) is 4.90 Å². The Hall–Kier alpha value is -2.64. The van der Waals surface area contributed by atoms with Gasteiger partial charge in [-0.15, -0.1) is 0 Å². The quantitative estimate of drug-likeness (QED) is 0.745. The van der Waals surface area contributed by atoms with E-state index < -0.39 is 23.6 Å². The van der Waals surface area contributed by atoms with Gasteiger partial charge in [-0.05, 0) is 24.6 Å². The minimum Gasteiger partial charge on any atom is -0.467 e. The Labute approximate surface area is 145 Å². The molecule has 1 aliphatic rings. The zero-order valence-corrected chi connectivity index (χ0v) is 13.8. The Morgan fingerprint density at radius 3 is 2.68 bits per heavy atom. The Bertz CT molecular complexity index is 731. The molecular formula is C18H20N2O5. The number of imide groups is 1. The fourth-order valence-electron chi connectivity index (χ4n) is 2.78. The van der Waals surface area contributed by atoms with Gasteiger partial charge in [-0.1, -0.05) is 30.3 Å². The molecule has 0 saturated carbocycles. The fraction of sp³-hybridized carbons (Fsp3) is 0.333. The van der Waals surface area contributed by atoms with Crippen LogP contribution in [0.5, 0.6) is 0 Å². The van der Waals surface area contributed by atoms with E-state index in [9.17, 15) is 14.7 Å². The number of furan rings is 1. The minimum atomic E-state index is -1.13. The van der Waals surface area contributed by atoms with Crippen LogP contribution in [0.1, 0.15) is 18.2 Å². The van der Waals surface area contributed by atoms with Crippen molar-refractivity contribution in [3.63, 3.8) is 0 Å². The number of carbonyl (C=O) groups excluding carboxylic acids is 2. The second kappa shape index (κ2) is 7.08. The summed E-state index contributed by atoms with van der Waals surface area (Å²) in [6.07, 6.45) is 0.551. The standard InChI is InChI=1S/C18H20N2O5/c1-18(13-6-3-2-4-7-13)16(22)20(17(23)19-18)10-14(21)11-24-12-15-8-5-9-25-15/h2-9,14,21H,10-12H2,1H3,(H,19,23)/t14-,18+/m0/s1. The lowest BCUT2D eigenvalue weighted by molar-refractivity contribution is -0.132. The van der Waals surface area contributed by atoms with E-state index in [2.05, 4.69) is 5.32 Å². The Kier molecular flexibility index (Phi) is 4.87. The summed E-state index contributed by atoms with van der Waals surface area (Å²) < 4.78 is 10.5. The third-order valence-corrected chi connectivity index (χ3v) is 4.15. The average Bonchev–Trinajstić information content (AvgIpc) is 3.19. The molecule has 2 aromatic rings. The molecule has 132 valence electrons. The van der Waals surface area contributed by atoms with Gasteiger partial charge in [0.2, 0.25) is 0 Å². The number of hydrogen-bond donors (Lipinski definition) is 2. The van der Waals surface area contributed by atoms with Crippen molar-refractivity contribution in [2.24, 2.45) is 0 Å². The highest BCUT2D eigenvalue weighted by Gasteiger charge is 2.49. The molecule has 1 aliphatic heterocycles. The molecule has 25 heavy (non-hydrogen) atoms. The number of aliphatic hydroxyl groups is 1. The van der Waals surface area contributed by atoms with Crippen LogP contribution in [0.2, 0.25) is 0 Å². The van der Waals surface area contributed by atoms with Crippen molar-refractivity contribution >= 4 is 11.9 Å². The van der Waals surface area contributed by atoms with Crippen molar-refractivity contribution in [1.29, 1.82) is 0 Å². The number of urea groups is 1. The number of amides is 3. The van der Waals surface area contributed by atoms with E-state index in [1.807, 2.05) is 6.07 Å². The fourth-order valence-corrected chi connectivity index (χ4v) is 2.78. The number of carbonyl (C=O) groups is 2. The summed E-state index contributed by atoms with van der Waals surface area (Å²) in [4.78, 5) is 25.9. The molecule has 1 aromatic carbocycles. The molecule has 1 aromatic heterocycles. The lowest BCUT2D eigenvalue weighted by Crippen LogP contribution is -2.42. The normalized spacial score (nSPS) is 21.4. The molecule has 0 bridgehead atoms. The Balaban J connectivity index is 1.59. The van der Waals surface area contributed by atoms with Gasteiger partial charge in [0.15, 0.2) is 0 Å². The first-order valence-corrected chi connectivity index (χ1v) is 7.98. The monoisotopic (exact) mass is 344 g/mol. The summed E-state index contributed by atoms with van der Waals surface area (Å²) in [5.41, 5.74) is -0.438. The highest BCUT2D eigenvalue weighted by molar-refractivity contribution is 6.07. The van der Waals surface area contributed by atoms with Gasteiger partial charge in [-0.2, -0.15) is 0 Å². The van der Waals surface area contributed by atoms with E-state index in [4.69, 9.17) is 9.15 Å². The molecule has 0 spiro atoms. The van der Waals surface area contributed by atoms with Crippen LogP contribution in [0, 0.1) is 0 Å². The summed E-state index contributed by atoms with van der Waals surface area (Å²) in [5.74, 6) is 0.243. The summed E-state index contributed by atoms with van der Waals surface area (Å²) in [6.45, 7) is 1.72. The van der Waals surface area contributed by atoms with Crippen molar-refractivity contribution in [1.82, 2.24) is 10.2 Å². The first-order chi connectivity index (χ1) is 12.0. The molecule has 3 amide bonds. The van der Waals surface area contributed by atoms with Crippen molar-refractivity contribution < 1.29 is 23.8 Å². The van der Waals surface area contributed by atoms with Crippen LogP contribution in [0.15, 0.2) is 53.1 Å². The van der Waals surface area contributed by atoms with E-state index in [1.165, 1.54) is 6.26 Å². The zero-order valence-electron chi connectivity index (χ0n) is 13.8. The Morgan fingerprint density at radius 2 is 2.00 bits per heavy atom. The van der Waals surface area contributed by atoms with E-state index >= 15 is 0 Å². The van der Waals surface area contributed by atoms with Crippen LogP contribution in [0.4, 0.5) is 4.79 Å². The van der Waals surface area contributed by atoms with E-state index in [-0.39, 0.29) is 19.8 Å². The first kappa shape index (κ1) is 17.2. The number of nitrogens with zero attached hydrogens (tertiary/aromatic N) is 1. The second-order valence-corrected chi connectivity index (χ2v) is 6.09. The molecule has 2 atom stereocenters. The number of hydrogen-bond acceptors (Lipinski definition) is 5. The minimum absolute atomic E-state index is 0.0141. The summed E-state index contributed by atoms with van der Waals surface area (Å²) in [6, 6.07) is 12.0. The largest absolute Gasteiger partial charge is 0.467 e. The highest BCUT2D eigenvalue weighted by Crippen LogP contribution is 2.28. The molecule has 1 fully saturated rings. The average molecular weight is 344 g/mol. The predicted octanol–water partition coefficient (Wildman–Crippen LogP) is 1.62. The van der Waals surface area contributed by atoms with Crippen LogP contribution in [0.25, 0.3) is 0 Å². The summed E-state index contributed by atoms with van der Waals surface area (Å²) in [7, 11) is 0. The third kappa shape index (κ3) is 3.57. The van der Waals surface area contributed by atoms with Gasteiger partial charge >= 0.3 is 6.03 Å². The number of benzene rings is 1. The molecule has 2 N–H and O–H groups in total. The molecule has 2 heterocycles. The lowest BCUT2D eigenvalue weighted by Gasteiger charge is -2.23. The van der Waals surface area contributed by atoms with Crippen LogP contribution in [-0.4, -0.2) is 41.2 Å². The molecule has 3 rings (SSSR count). The van der Waals surface area contributed by atoms with Gasteiger partial charge in [0, 0.05) is 0 Å². The van der Waals surface area contributed by atoms with Gasteiger partial charge in [-0.25, -0.2) is 4.79 Å². The van der Waals surface area contributed by atoms with Gasteiger partial charge in [0.25, 0.3) is 5.91 Å². The van der Waals surface area contributed by atoms with Gasteiger partial charge in [0.1, 0.15) is 17.9 Å². The molecular weight excluding hydrogens is 324 g/mol. The maximum absolute atomic E-state index is 12.7. The SMILES string of the molecule is C[C@]1(c2ccccc2)NC(=O)N(C[C@H](O)COCc2ccco2)C1=O. The number of ether oxygens (including phenoxy) is 1. The molecule has 0 radical (unpaired) electrons. The summed E-state index contributed by atoms with van der Waals surface area (Å²) >= 11 is 0. The highest BCUT2D eigenvalue weighted by atomic mass is 16.5. The van der Waals surface area contributed by atoms with Crippen molar-refractivity contribution in [2.75, 3.05) is 13.2 Å². The maximum Gasteiger partial charge on any atom is 0.325 e. The number of β-amino-alcohol motifs (C(OH)–C–C–N with tert-alkyl or cyclic N) is 1. The van der Waals surface area contributed by atoms with Gasteiger partial charge in [0.05, 0.1) is 25.5 Å². The summed E-state index contributed by atoms with van der Waals surface area (Å²) in [5, 5.41) is 12.8. The van der Waals surface area contributed by atoms with Gasteiger partial charge < -0.3 is 19.6 Å². The van der Waals surface area contributed by atoms with Crippen LogP contribution in [0.3, 0.4) is 0 Å². The number of nitrogens with one attached hydrogen (secondary N) is 1. The van der Waals surface area contributed by atoms with Crippen molar-refractivity contribution in [3.05, 3.63) is 60.1 Å². The smallest absolute Gasteiger partial charge is 0.325 e. The number of rotatable bonds is 7. The zero-order chi connectivity index (χ0) is 17.9. The topological polar surface area (TPSA) is 92.0 Å². The second-order valence-electron chi connectivity index (χ2n) is 6.09. The molecule has 7 nitrogen and oxygen atoms in total. The van der Waals surface area contributed by atoms with E-state index in [0.29, 0.717) is 11.3 Å². The third-order valence-electron chi connectivity index (χ3n) is 4.15. The van der Waals surface area contributed by atoms with Crippen molar-refractivity contribution in [3.8, 4) is 0 Å². The van der Waals surface area contributed by atoms with Crippen LogP contribution < -0.4 is 5.32 Å². The van der Waals surface area contributed by atoms with Crippen LogP contribution >= 0.6 is 0 Å². The maximum atomic E-state index is 12.7. The lowest BCUT2D eigenvalue weighted by atomic mass is 9.92. The van der Waals surface area contributed by atoms with E-state index in [1.54, 1.807) is 43.3 Å². The predicted molar refractivity (Wildman–Crippen MR) is 88.4 cm³/mol. The molecule has 0 unspecified atom stereocenters. The Morgan fingerprint density at radius 1 is 1.24 bits per heavy atom. The van der Waals surface area contributed by atoms with Gasteiger partial charge in [-0.3, -0.25) is 9.69 Å².